The summed E-state index contributed by atoms with van der Waals surface area (Å²) in [5.74, 6) is -0.388. The number of rotatable bonds is 3. The summed E-state index contributed by atoms with van der Waals surface area (Å²) in [6, 6.07) is -0.907. The van der Waals surface area contributed by atoms with E-state index >= 15 is 0 Å². The summed E-state index contributed by atoms with van der Waals surface area (Å²) >= 11 is 0. The van der Waals surface area contributed by atoms with Crippen LogP contribution in [-0.2, 0) is 14.3 Å². The molecule has 0 bridgehead atoms. The van der Waals surface area contributed by atoms with E-state index in [2.05, 4.69) is 5.32 Å². The summed E-state index contributed by atoms with van der Waals surface area (Å²) < 4.78 is 10.0. The summed E-state index contributed by atoms with van der Waals surface area (Å²) in [7, 11) is 0. The van der Waals surface area contributed by atoms with E-state index in [0.717, 1.165) is 0 Å². The number of aliphatic hydroxyl groups is 3. The summed E-state index contributed by atoms with van der Waals surface area (Å²) in [5.41, 5.74) is 0. The minimum Gasteiger partial charge on any atom is -0.388 e. The third-order valence-corrected chi connectivity index (χ3v) is 2.28. The van der Waals surface area contributed by atoms with Crippen LogP contribution >= 0.6 is 0 Å². The number of amides is 1. The van der Waals surface area contributed by atoms with E-state index in [1.807, 2.05) is 0 Å². The monoisotopic (exact) mass is 235 g/mol. The van der Waals surface area contributed by atoms with Crippen LogP contribution in [0.1, 0.15) is 13.8 Å². The molecule has 94 valence electrons. The number of nitrogens with one attached hydrogen (secondary N) is 1. The average molecular weight is 235 g/mol. The largest absolute Gasteiger partial charge is 0.388 e. The van der Waals surface area contributed by atoms with Crippen LogP contribution in [0.4, 0.5) is 0 Å². The van der Waals surface area contributed by atoms with E-state index in [1.54, 1.807) is 6.92 Å². The van der Waals surface area contributed by atoms with Gasteiger partial charge in [0.05, 0.1) is 0 Å². The third-order valence-electron chi connectivity index (χ3n) is 2.28. The predicted molar refractivity (Wildman–Crippen MR) is 52.1 cm³/mol. The van der Waals surface area contributed by atoms with Gasteiger partial charge in [0, 0.05) is 13.5 Å². The van der Waals surface area contributed by atoms with E-state index in [1.165, 1.54) is 6.92 Å². The molecular weight excluding hydrogens is 218 g/mol. The van der Waals surface area contributed by atoms with E-state index in [-0.39, 0.29) is 12.5 Å². The van der Waals surface area contributed by atoms with Crippen molar-refractivity contribution in [3.63, 3.8) is 0 Å². The first-order valence-corrected chi connectivity index (χ1v) is 5.05. The van der Waals surface area contributed by atoms with Crippen molar-refractivity contribution in [1.29, 1.82) is 0 Å². The van der Waals surface area contributed by atoms with E-state index in [0.29, 0.717) is 0 Å². The number of hydrogen-bond acceptors (Lipinski definition) is 6. The molecule has 1 saturated heterocycles. The average Bonchev–Trinajstić information content (AvgIpc) is 2.21. The zero-order valence-electron chi connectivity index (χ0n) is 9.16. The molecule has 0 aromatic heterocycles. The van der Waals surface area contributed by atoms with Gasteiger partial charge in [-0.1, -0.05) is 0 Å². The van der Waals surface area contributed by atoms with Gasteiger partial charge in [-0.25, -0.2) is 0 Å². The predicted octanol–water partition coefficient (Wildman–Crippen LogP) is -2.08. The first-order valence-electron chi connectivity index (χ1n) is 5.05. The summed E-state index contributed by atoms with van der Waals surface area (Å²) in [4.78, 5) is 10.9. The molecule has 1 fully saturated rings. The Balaban J connectivity index is 2.75. The summed E-state index contributed by atoms with van der Waals surface area (Å²) in [6.07, 6.45) is -5.34. The molecule has 0 aromatic carbocycles. The molecule has 5 atom stereocenters. The van der Waals surface area contributed by atoms with Gasteiger partial charge in [0.15, 0.2) is 12.6 Å². The standard InChI is InChI=1S/C9H17NO6/c1-3-15-9-5(10-4(2)11)6(12)7(13)8(14)16-9/h5-9,12-14H,3H2,1-2H3,(H,10,11). The lowest BCUT2D eigenvalue weighted by Gasteiger charge is -2.40. The molecule has 0 aliphatic carbocycles. The van der Waals surface area contributed by atoms with Crippen LogP contribution in [0.2, 0.25) is 0 Å². The fraction of sp³-hybridized carbons (Fsp3) is 0.889. The molecule has 1 heterocycles. The van der Waals surface area contributed by atoms with Crippen LogP contribution in [0.15, 0.2) is 0 Å². The molecular formula is C9H17NO6. The molecule has 1 aliphatic rings. The Bertz CT molecular complexity index is 248. The number of aliphatic hydroxyl groups excluding tert-OH is 3. The molecule has 1 aliphatic heterocycles. The van der Waals surface area contributed by atoms with Gasteiger partial charge < -0.3 is 30.1 Å². The number of carbonyl (C=O) groups is 1. The van der Waals surface area contributed by atoms with Crippen molar-refractivity contribution in [3.8, 4) is 0 Å². The SMILES string of the molecule is CCOC1OC(O)C(O)C(O)C1NC(C)=O. The van der Waals surface area contributed by atoms with Gasteiger partial charge in [0.2, 0.25) is 5.91 Å². The molecule has 5 unspecified atom stereocenters. The lowest BCUT2D eigenvalue weighted by atomic mass is 10.0. The van der Waals surface area contributed by atoms with Crippen molar-refractivity contribution in [2.24, 2.45) is 0 Å². The molecule has 4 N–H and O–H groups in total. The fourth-order valence-electron chi connectivity index (χ4n) is 1.54. The van der Waals surface area contributed by atoms with Crippen molar-refractivity contribution in [3.05, 3.63) is 0 Å². The Kier molecular flexibility index (Phi) is 4.63. The van der Waals surface area contributed by atoms with Gasteiger partial charge in [-0.15, -0.1) is 0 Å². The molecule has 0 spiro atoms. The van der Waals surface area contributed by atoms with Crippen LogP contribution in [-0.4, -0.2) is 58.7 Å². The van der Waals surface area contributed by atoms with Crippen LogP contribution in [0.5, 0.6) is 0 Å². The molecule has 16 heavy (non-hydrogen) atoms. The Labute approximate surface area is 93.0 Å². The van der Waals surface area contributed by atoms with Crippen molar-refractivity contribution < 1.29 is 29.6 Å². The van der Waals surface area contributed by atoms with Gasteiger partial charge in [0.25, 0.3) is 0 Å². The Morgan fingerprint density at radius 3 is 2.50 bits per heavy atom. The van der Waals surface area contributed by atoms with Crippen molar-refractivity contribution in [2.45, 2.75) is 44.7 Å². The maximum Gasteiger partial charge on any atom is 0.217 e. The first kappa shape index (κ1) is 13.3. The molecule has 0 saturated carbocycles. The first-order chi connectivity index (χ1) is 7.47. The molecule has 0 aromatic rings. The van der Waals surface area contributed by atoms with Crippen LogP contribution in [0.3, 0.4) is 0 Å². The number of hydrogen-bond donors (Lipinski definition) is 4. The highest BCUT2D eigenvalue weighted by molar-refractivity contribution is 5.73. The topological polar surface area (TPSA) is 108 Å². The molecule has 1 amide bonds. The number of carbonyl (C=O) groups excluding carboxylic acids is 1. The highest BCUT2D eigenvalue weighted by Gasteiger charge is 2.44. The van der Waals surface area contributed by atoms with E-state index < -0.39 is 30.8 Å². The molecule has 7 nitrogen and oxygen atoms in total. The summed E-state index contributed by atoms with van der Waals surface area (Å²) in [5, 5.41) is 30.7. The van der Waals surface area contributed by atoms with E-state index in [4.69, 9.17) is 9.47 Å². The molecule has 1 rings (SSSR count). The third kappa shape index (κ3) is 2.89. The van der Waals surface area contributed by atoms with Gasteiger partial charge in [-0.05, 0) is 6.92 Å². The second kappa shape index (κ2) is 5.55. The van der Waals surface area contributed by atoms with Crippen LogP contribution < -0.4 is 5.32 Å². The minimum absolute atomic E-state index is 0.288. The Hall–Kier alpha value is -0.730. The maximum absolute atomic E-state index is 10.9. The maximum atomic E-state index is 10.9. The quantitative estimate of drug-likeness (QED) is 0.447. The highest BCUT2D eigenvalue weighted by atomic mass is 16.7. The zero-order valence-corrected chi connectivity index (χ0v) is 9.16. The fourth-order valence-corrected chi connectivity index (χ4v) is 1.54. The smallest absolute Gasteiger partial charge is 0.217 e. The van der Waals surface area contributed by atoms with Crippen molar-refractivity contribution >= 4 is 5.91 Å². The van der Waals surface area contributed by atoms with Crippen LogP contribution in [0, 0.1) is 0 Å². The Morgan fingerprint density at radius 1 is 1.38 bits per heavy atom. The Morgan fingerprint density at radius 2 is 2.00 bits per heavy atom. The lowest BCUT2D eigenvalue weighted by Crippen LogP contribution is -2.63. The lowest BCUT2D eigenvalue weighted by molar-refractivity contribution is -0.314. The van der Waals surface area contributed by atoms with Gasteiger partial charge in [0.1, 0.15) is 18.2 Å². The zero-order chi connectivity index (χ0) is 12.3. The van der Waals surface area contributed by atoms with Gasteiger partial charge >= 0.3 is 0 Å². The van der Waals surface area contributed by atoms with Gasteiger partial charge in [-0.3, -0.25) is 4.79 Å². The second-order valence-corrected chi connectivity index (χ2v) is 3.56. The normalized spacial score (nSPS) is 39.4. The minimum atomic E-state index is -1.53. The van der Waals surface area contributed by atoms with Crippen LogP contribution in [0.25, 0.3) is 0 Å². The highest BCUT2D eigenvalue weighted by Crippen LogP contribution is 2.20. The van der Waals surface area contributed by atoms with E-state index in [9.17, 15) is 20.1 Å². The van der Waals surface area contributed by atoms with Crippen molar-refractivity contribution in [2.75, 3.05) is 6.61 Å². The second-order valence-electron chi connectivity index (χ2n) is 3.56. The molecule has 7 heteroatoms. The van der Waals surface area contributed by atoms with Gasteiger partial charge in [-0.2, -0.15) is 0 Å². The number of ether oxygens (including phenoxy) is 2. The van der Waals surface area contributed by atoms with Crippen molar-refractivity contribution in [1.82, 2.24) is 5.32 Å². The summed E-state index contributed by atoms with van der Waals surface area (Å²) in [6.45, 7) is 3.27. The molecule has 0 radical (unpaired) electrons.